The molecule has 0 radical (unpaired) electrons. The lowest BCUT2D eigenvalue weighted by Crippen LogP contribution is -2.49. The maximum Gasteiger partial charge on any atom is 0.223 e. The van der Waals surface area contributed by atoms with E-state index in [0.717, 1.165) is 19.4 Å². The van der Waals surface area contributed by atoms with Crippen molar-refractivity contribution in [3.05, 3.63) is 45.0 Å². The van der Waals surface area contributed by atoms with Crippen LogP contribution >= 0.6 is 0 Å². The van der Waals surface area contributed by atoms with Crippen LogP contribution in [-0.4, -0.2) is 28.8 Å². The third-order valence-electron chi connectivity index (χ3n) is 6.36. The number of nitro groups is 1. The van der Waals surface area contributed by atoms with Gasteiger partial charge in [0.15, 0.2) is 0 Å². The third kappa shape index (κ3) is 1.88. The summed E-state index contributed by atoms with van der Waals surface area (Å²) in [6.45, 7) is 4.94. The van der Waals surface area contributed by atoms with Gasteiger partial charge in [-0.05, 0) is 36.8 Å². The summed E-state index contributed by atoms with van der Waals surface area (Å²) in [7, 11) is 0. The van der Waals surface area contributed by atoms with Crippen LogP contribution in [-0.2, 0) is 16.8 Å². The van der Waals surface area contributed by atoms with Crippen molar-refractivity contribution in [3.8, 4) is 0 Å². The Morgan fingerprint density at radius 3 is 2.96 bits per heavy atom. The first-order chi connectivity index (χ1) is 10.9. The quantitative estimate of drug-likeness (QED) is 0.622. The van der Waals surface area contributed by atoms with Gasteiger partial charge in [0.1, 0.15) is 0 Å². The number of fused-ring (bicyclic) bond motifs is 1. The molecule has 0 bridgehead atoms. The smallest absolute Gasteiger partial charge is 0.223 e. The molecule has 1 amide bonds. The Hall–Kier alpha value is -1.91. The zero-order chi connectivity index (χ0) is 16.4. The Labute approximate surface area is 135 Å². The van der Waals surface area contributed by atoms with Crippen LogP contribution in [0.3, 0.4) is 0 Å². The molecule has 3 aliphatic rings. The SMILES string of the molecule is Cc1ccc2c(c1)CCN1C(=O)C[C@H]3[C@H](C[N+](=O)[O-])[C@@H](C)C[C@]231. The van der Waals surface area contributed by atoms with Crippen LogP contribution in [0.1, 0.15) is 36.5 Å². The molecule has 0 aromatic heterocycles. The molecule has 23 heavy (non-hydrogen) atoms. The number of hydrogen-bond donors (Lipinski definition) is 0. The average molecular weight is 314 g/mol. The van der Waals surface area contributed by atoms with E-state index in [9.17, 15) is 14.9 Å². The summed E-state index contributed by atoms with van der Waals surface area (Å²) in [5, 5.41) is 11.1. The highest BCUT2D eigenvalue weighted by atomic mass is 16.6. The van der Waals surface area contributed by atoms with Crippen molar-refractivity contribution in [2.45, 2.75) is 38.6 Å². The van der Waals surface area contributed by atoms with E-state index in [1.807, 2.05) is 4.90 Å². The topological polar surface area (TPSA) is 63.5 Å². The lowest BCUT2D eigenvalue weighted by Gasteiger charge is -2.44. The molecular weight excluding hydrogens is 292 g/mol. The number of carbonyl (C=O) groups excluding carboxylic acids is 1. The molecule has 1 aromatic carbocycles. The molecule has 1 aliphatic carbocycles. The summed E-state index contributed by atoms with van der Waals surface area (Å²) in [4.78, 5) is 25.6. The molecule has 0 unspecified atom stereocenters. The number of amides is 1. The Kier molecular flexibility index (Phi) is 3.06. The van der Waals surface area contributed by atoms with Crippen molar-refractivity contribution < 1.29 is 9.72 Å². The molecule has 1 saturated carbocycles. The Morgan fingerprint density at radius 2 is 2.22 bits per heavy atom. The van der Waals surface area contributed by atoms with Crippen LogP contribution in [0.2, 0.25) is 0 Å². The van der Waals surface area contributed by atoms with Crippen molar-refractivity contribution >= 4 is 5.91 Å². The second-order valence-corrected chi connectivity index (χ2v) is 7.55. The highest BCUT2D eigenvalue weighted by Gasteiger charge is 2.64. The van der Waals surface area contributed by atoms with Crippen LogP contribution in [0, 0.1) is 34.8 Å². The first-order valence-corrected chi connectivity index (χ1v) is 8.46. The normalized spacial score (nSPS) is 35.0. The maximum absolute atomic E-state index is 12.6. The van der Waals surface area contributed by atoms with E-state index in [2.05, 4.69) is 32.0 Å². The number of rotatable bonds is 2. The first-order valence-electron chi connectivity index (χ1n) is 8.46. The van der Waals surface area contributed by atoms with Crippen molar-refractivity contribution in [1.29, 1.82) is 0 Å². The number of benzene rings is 1. The van der Waals surface area contributed by atoms with Gasteiger partial charge in [-0.2, -0.15) is 0 Å². The van der Waals surface area contributed by atoms with Crippen molar-refractivity contribution in [2.24, 2.45) is 17.8 Å². The first kappa shape index (κ1) is 14.7. The van der Waals surface area contributed by atoms with Gasteiger partial charge in [-0.25, -0.2) is 0 Å². The second-order valence-electron chi connectivity index (χ2n) is 7.55. The molecule has 1 saturated heterocycles. The van der Waals surface area contributed by atoms with Gasteiger partial charge in [0.25, 0.3) is 0 Å². The fourth-order valence-electron chi connectivity index (χ4n) is 5.54. The van der Waals surface area contributed by atoms with E-state index >= 15 is 0 Å². The molecule has 4 rings (SSSR count). The zero-order valence-electron chi connectivity index (χ0n) is 13.6. The molecule has 5 heteroatoms. The van der Waals surface area contributed by atoms with Crippen LogP contribution < -0.4 is 0 Å². The predicted molar refractivity (Wildman–Crippen MR) is 85.5 cm³/mol. The molecular formula is C18H22N2O3. The maximum atomic E-state index is 12.6. The van der Waals surface area contributed by atoms with Crippen LogP contribution in [0.5, 0.6) is 0 Å². The lowest BCUT2D eigenvalue weighted by atomic mass is 9.74. The fraction of sp³-hybridized carbons (Fsp3) is 0.611. The van der Waals surface area contributed by atoms with E-state index in [1.54, 1.807) is 0 Å². The Bertz CT molecular complexity index is 702. The highest BCUT2D eigenvalue weighted by Crippen LogP contribution is 2.60. The van der Waals surface area contributed by atoms with Gasteiger partial charge < -0.3 is 4.90 Å². The van der Waals surface area contributed by atoms with Gasteiger partial charge in [0.2, 0.25) is 12.5 Å². The van der Waals surface area contributed by atoms with E-state index < -0.39 is 0 Å². The molecule has 1 spiro atoms. The summed E-state index contributed by atoms with van der Waals surface area (Å²) < 4.78 is 0. The third-order valence-corrected chi connectivity index (χ3v) is 6.36. The minimum atomic E-state index is -0.293. The second kappa shape index (κ2) is 4.79. The monoisotopic (exact) mass is 314 g/mol. The average Bonchev–Trinajstić information content (AvgIpc) is 2.89. The predicted octanol–water partition coefficient (Wildman–Crippen LogP) is 2.53. The van der Waals surface area contributed by atoms with Gasteiger partial charge in [0.05, 0.1) is 5.54 Å². The summed E-state index contributed by atoms with van der Waals surface area (Å²) in [5.74, 6) is 0.526. The summed E-state index contributed by atoms with van der Waals surface area (Å²) in [6, 6.07) is 6.51. The minimum Gasteiger partial charge on any atom is -0.332 e. The number of carbonyl (C=O) groups is 1. The molecule has 4 atom stereocenters. The molecule has 2 aliphatic heterocycles. The number of nitrogens with zero attached hydrogens (tertiary/aromatic N) is 2. The largest absolute Gasteiger partial charge is 0.332 e. The lowest BCUT2D eigenvalue weighted by molar-refractivity contribution is -0.491. The number of aryl methyl sites for hydroxylation is 1. The van der Waals surface area contributed by atoms with Crippen LogP contribution in [0.15, 0.2) is 18.2 Å². The van der Waals surface area contributed by atoms with Gasteiger partial charge >= 0.3 is 0 Å². The summed E-state index contributed by atoms with van der Waals surface area (Å²) in [6.07, 6.45) is 2.22. The van der Waals surface area contributed by atoms with Crippen molar-refractivity contribution in [1.82, 2.24) is 4.90 Å². The molecule has 1 aromatic rings. The van der Waals surface area contributed by atoms with Crippen LogP contribution in [0.4, 0.5) is 0 Å². The molecule has 0 N–H and O–H groups in total. The summed E-state index contributed by atoms with van der Waals surface area (Å²) in [5.41, 5.74) is 3.53. The summed E-state index contributed by atoms with van der Waals surface area (Å²) >= 11 is 0. The molecule has 122 valence electrons. The van der Waals surface area contributed by atoms with E-state index in [0.29, 0.717) is 6.42 Å². The van der Waals surface area contributed by atoms with E-state index in [4.69, 9.17) is 0 Å². The Balaban J connectivity index is 1.86. The molecule has 2 fully saturated rings. The highest BCUT2D eigenvalue weighted by molar-refractivity contribution is 5.82. The molecule has 2 heterocycles. The number of hydrogen-bond acceptors (Lipinski definition) is 3. The zero-order valence-corrected chi connectivity index (χ0v) is 13.6. The molecule has 5 nitrogen and oxygen atoms in total. The van der Waals surface area contributed by atoms with Gasteiger partial charge in [-0.15, -0.1) is 0 Å². The Morgan fingerprint density at radius 1 is 1.43 bits per heavy atom. The van der Waals surface area contributed by atoms with Gasteiger partial charge in [-0.3, -0.25) is 14.9 Å². The standard InChI is InChI=1S/C18H22N2O3/c1-11-3-4-15-13(7-11)5-6-19-17(21)8-16-14(10-20(22)23)12(2)9-18(15,16)19/h3-4,7,12,14,16H,5-6,8-10H2,1-2H3/t12-,14+,16-,18-/m0/s1. The van der Waals surface area contributed by atoms with E-state index in [1.165, 1.54) is 16.7 Å². The fourth-order valence-corrected chi connectivity index (χ4v) is 5.54. The van der Waals surface area contributed by atoms with E-state index in [-0.39, 0.29) is 40.7 Å². The van der Waals surface area contributed by atoms with Crippen molar-refractivity contribution in [2.75, 3.05) is 13.1 Å². The van der Waals surface area contributed by atoms with Crippen molar-refractivity contribution in [3.63, 3.8) is 0 Å². The van der Waals surface area contributed by atoms with Gasteiger partial charge in [0, 0.05) is 29.7 Å². The van der Waals surface area contributed by atoms with Gasteiger partial charge in [-0.1, -0.05) is 30.7 Å². The minimum absolute atomic E-state index is 0.00815. The van der Waals surface area contributed by atoms with Crippen LogP contribution in [0.25, 0.3) is 0 Å².